The molecule has 2 rings (SSSR count). The average Bonchev–Trinajstić information content (AvgIpc) is 2.40. The van der Waals surface area contributed by atoms with Gasteiger partial charge >= 0.3 is 0 Å². The van der Waals surface area contributed by atoms with Gasteiger partial charge in [-0.1, -0.05) is 0 Å². The summed E-state index contributed by atoms with van der Waals surface area (Å²) in [6, 6.07) is 4.93. The third kappa shape index (κ3) is 2.02. The molecule has 4 heteroatoms. The van der Waals surface area contributed by atoms with E-state index in [2.05, 4.69) is 0 Å². The van der Waals surface area contributed by atoms with E-state index < -0.39 is 0 Å². The maximum atomic E-state index is 12.1. The van der Waals surface area contributed by atoms with Crippen LogP contribution in [0.4, 0.5) is 0 Å². The fourth-order valence-corrected chi connectivity index (χ4v) is 2.10. The van der Waals surface area contributed by atoms with Crippen LogP contribution in [0.3, 0.4) is 0 Å². The molecule has 16 heavy (non-hydrogen) atoms. The zero-order chi connectivity index (χ0) is 11.5. The summed E-state index contributed by atoms with van der Waals surface area (Å²) in [6.45, 7) is 1.82. The summed E-state index contributed by atoms with van der Waals surface area (Å²) in [4.78, 5) is 13.9. The topological polar surface area (TPSA) is 66.6 Å². The molecule has 1 heterocycles. The van der Waals surface area contributed by atoms with Gasteiger partial charge in [0.1, 0.15) is 5.75 Å². The molecule has 0 atom stereocenters. The summed E-state index contributed by atoms with van der Waals surface area (Å²) in [5, 5.41) is 9.39. The fourth-order valence-electron chi connectivity index (χ4n) is 2.10. The fraction of sp³-hybridized carbons (Fsp3) is 0.417. The molecule has 3 N–H and O–H groups in total. The molecule has 0 radical (unpaired) electrons. The zero-order valence-corrected chi connectivity index (χ0v) is 9.15. The molecular formula is C12H16N2O2. The Labute approximate surface area is 94.7 Å². The van der Waals surface area contributed by atoms with Crippen LogP contribution in [0.25, 0.3) is 0 Å². The molecule has 1 aromatic rings. The summed E-state index contributed by atoms with van der Waals surface area (Å²) in [5.74, 6) is 0.247. The van der Waals surface area contributed by atoms with E-state index >= 15 is 0 Å². The molecule has 0 aromatic heterocycles. The van der Waals surface area contributed by atoms with E-state index in [4.69, 9.17) is 5.73 Å². The Bertz CT molecular complexity index is 404. The Hall–Kier alpha value is -1.55. The number of hydrogen-bond donors (Lipinski definition) is 2. The van der Waals surface area contributed by atoms with Crippen LogP contribution in [-0.2, 0) is 6.42 Å². The number of aromatic hydroxyl groups is 1. The Morgan fingerprint density at radius 3 is 3.00 bits per heavy atom. The summed E-state index contributed by atoms with van der Waals surface area (Å²) >= 11 is 0. The Morgan fingerprint density at radius 2 is 2.25 bits per heavy atom. The van der Waals surface area contributed by atoms with E-state index in [1.165, 1.54) is 0 Å². The van der Waals surface area contributed by atoms with Gasteiger partial charge in [-0.3, -0.25) is 4.79 Å². The standard InChI is InChI=1S/C12H16N2O2/c13-5-7-14-6-1-2-9-8-10(15)3-4-11(9)12(14)16/h3-4,8,15H,1-2,5-7,13H2. The smallest absolute Gasteiger partial charge is 0.254 e. The van der Waals surface area contributed by atoms with Gasteiger partial charge in [0.25, 0.3) is 5.91 Å². The van der Waals surface area contributed by atoms with Gasteiger partial charge < -0.3 is 15.7 Å². The summed E-state index contributed by atoms with van der Waals surface area (Å²) in [5.41, 5.74) is 7.12. The number of benzene rings is 1. The van der Waals surface area contributed by atoms with E-state index in [9.17, 15) is 9.90 Å². The first-order valence-electron chi connectivity index (χ1n) is 5.53. The number of phenols is 1. The second-order valence-corrected chi connectivity index (χ2v) is 4.03. The lowest BCUT2D eigenvalue weighted by atomic mass is 10.0. The lowest BCUT2D eigenvalue weighted by Gasteiger charge is -2.19. The van der Waals surface area contributed by atoms with E-state index in [0.29, 0.717) is 18.7 Å². The predicted molar refractivity (Wildman–Crippen MR) is 61.4 cm³/mol. The number of carbonyl (C=O) groups is 1. The van der Waals surface area contributed by atoms with Gasteiger partial charge in [0, 0.05) is 25.2 Å². The molecule has 0 saturated carbocycles. The van der Waals surface area contributed by atoms with Crippen LogP contribution in [0, 0.1) is 0 Å². The monoisotopic (exact) mass is 220 g/mol. The van der Waals surface area contributed by atoms with Crippen LogP contribution in [-0.4, -0.2) is 35.5 Å². The number of fused-ring (bicyclic) bond motifs is 1. The Kier molecular flexibility index (Phi) is 3.10. The molecule has 0 bridgehead atoms. The molecule has 0 unspecified atom stereocenters. The quantitative estimate of drug-likeness (QED) is 0.772. The highest BCUT2D eigenvalue weighted by Gasteiger charge is 2.21. The number of nitrogens with zero attached hydrogens (tertiary/aromatic N) is 1. The van der Waals surface area contributed by atoms with Crippen LogP contribution in [0.1, 0.15) is 22.3 Å². The van der Waals surface area contributed by atoms with Crippen LogP contribution in [0.2, 0.25) is 0 Å². The number of hydrogen-bond acceptors (Lipinski definition) is 3. The van der Waals surface area contributed by atoms with Gasteiger partial charge in [0.2, 0.25) is 0 Å². The molecule has 0 spiro atoms. The number of amides is 1. The predicted octanol–water partition coefficient (Wildman–Crippen LogP) is 0.739. The van der Waals surface area contributed by atoms with Gasteiger partial charge in [-0.05, 0) is 36.6 Å². The molecule has 1 aliphatic rings. The lowest BCUT2D eigenvalue weighted by Crippen LogP contribution is -2.35. The van der Waals surface area contributed by atoms with E-state index in [0.717, 1.165) is 24.9 Å². The molecule has 1 amide bonds. The number of carbonyl (C=O) groups excluding carboxylic acids is 1. The van der Waals surface area contributed by atoms with Crippen molar-refractivity contribution in [2.24, 2.45) is 5.73 Å². The van der Waals surface area contributed by atoms with Crippen molar-refractivity contribution in [3.8, 4) is 5.75 Å². The van der Waals surface area contributed by atoms with Crippen molar-refractivity contribution in [2.75, 3.05) is 19.6 Å². The Balaban J connectivity index is 2.33. The number of rotatable bonds is 2. The van der Waals surface area contributed by atoms with Crippen molar-refractivity contribution in [1.29, 1.82) is 0 Å². The second kappa shape index (κ2) is 4.53. The number of aryl methyl sites for hydroxylation is 1. The van der Waals surface area contributed by atoms with Crippen molar-refractivity contribution in [3.63, 3.8) is 0 Å². The summed E-state index contributed by atoms with van der Waals surface area (Å²) in [7, 11) is 0. The van der Waals surface area contributed by atoms with E-state index in [-0.39, 0.29) is 11.7 Å². The van der Waals surface area contributed by atoms with Crippen molar-refractivity contribution < 1.29 is 9.90 Å². The van der Waals surface area contributed by atoms with E-state index in [1.54, 1.807) is 23.1 Å². The minimum atomic E-state index is 0.0259. The normalized spacial score (nSPS) is 15.8. The maximum Gasteiger partial charge on any atom is 0.254 e. The van der Waals surface area contributed by atoms with E-state index in [1.807, 2.05) is 0 Å². The molecule has 1 aromatic carbocycles. The number of phenolic OH excluding ortho intramolecular Hbond substituents is 1. The highest BCUT2D eigenvalue weighted by Crippen LogP contribution is 2.22. The van der Waals surface area contributed by atoms with Crippen molar-refractivity contribution >= 4 is 5.91 Å². The molecule has 86 valence electrons. The molecule has 0 saturated heterocycles. The molecular weight excluding hydrogens is 204 g/mol. The minimum Gasteiger partial charge on any atom is -0.508 e. The average molecular weight is 220 g/mol. The minimum absolute atomic E-state index is 0.0259. The molecule has 1 aliphatic heterocycles. The molecule has 4 nitrogen and oxygen atoms in total. The van der Waals surface area contributed by atoms with Crippen LogP contribution in [0.5, 0.6) is 5.75 Å². The largest absolute Gasteiger partial charge is 0.508 e. The second-order valence-electron chi connectivity index (χ2n) is 4.03. The summed E-state index contributed by atoms with van der Waals surface area (Å²) in [6.07, 6.45) is 1.75. The SMILES string of the molecule is NCCN1CCCc2cc(O)ccc2C1=O. The zero-order valence-electron chi connectivity index (χ0n) is 9.15. The number of nitrogens with two attached hydrogens (primary N) is 1. The van der Waals surface area contributed by atoms with Gasteiger partial charge in [-0.25, -0.2) is 0 Å². The first-order chi connectivity index (χ1) is 7.72. The van der Waals surface area contributed by atoms with Crippen molar-refractivity contribution in [1.82, 2.24) is 4.90 Å². The van der Waals surface area contributed by atoms with Crippen LogP contribution in [0.15, 0.2) is 18.2 Å². The first kappa shape index (κ1) is 11.0. The van der Waals surface area contributed by atoms with Gasteiger partial charge in [0.15, 0.2) is 0 Å². The van der Waals surface area contributed by atoms with Gasteiger partial charge in [-0.2, -0.15) is 0 Å². The van der Waals surface area contributed by atoms with Crippen molar-refractivity contribution in [3.05, 3.63) is 29.3 Å². The van der Waals surface area contributed by atoms with Crippen LogP contribution >= 0.6 is 0 Å². The van der Waals surface area contributed by atoms with Gasteiger partial charge in [0.05, 0.1) is 0 Å². The lowest BCUT2D eigenvalue weighted by molar-refractivity contribution is 0.0766. The van der Waals surface area contributed by atoms with Crippen molar-refractivity contribution in [2.45, 2.75) is 12.8 Å². The highest BCUT2D eigenvalue weighted by molar-refractivity contribution is 5.96. The molecule has 0 aliphatic carbocycles. The van der Waals surface area contributed by atoms with Crippen LogP contribution < -0.4 is 5.73 Å². The Morgan fingerprint density at radius 1 is 1.44 bits per heavy atom. The molecule has 0 fully saturated rings. The highest BCUT2D eigenvalue weighted by atomic mass is 16.3. The third-order valence-corrected chi connectivity index (χ3v) is 2.88. The summed E-state index contributed by atoms with van der Waals surface area (Å²) < 4.78 is 0. The third-order valence-electron chi connectivity index (χ3n) is 2.88. The first-order valence-corrected chi connectivity index (χ1v) is 5.53. The van der Waals surface area contributed by atoms with Gasteiger partial charge in [-0.15, -0.1) is 0 Å². The maximum absolute atomic E-state index is 12.1.